The molecule has 3 nitrogen and oxygen atoms in total. The molecule has 2 aromatic rings. The highest BCUT2D eigenvalue weighted by atomic mass is 35.5. The van der Waals surface area contributed by atoms with Gasteiger partial charge in [0.25, 0.3) is 0 Å². The molecule has 0 aliphatic rings. The number of ether oxygens (including phenoxy) is 1. The lowest BCUT2D eigenvalue weighted by Gasteiger charge is -2.06. The van der Waals surface area contributed by atoms with Crippen LogP contribution in [-0.4, -0.2) is 17.6 Å². The molecular formula is C15H13Cl2NO2. The monoisotopic (exact) mass is 309 g/mol. The molecule has 1 heterocycles. The minimum atomic E-state index is -0.550. The van der Waals surface area contributed by atoms with E-state index in [-0.39, 0.29) is 15.9 Å². The van der Waals surface area contributed by atoms with E-state index in [0.717, 1.165) is 12.8 Å². The zero-order chi connectivity index (χ0) is 14.4. The Kier molecular flexibility index (Phi) is 5.39. The summed E-state index contributed by atoms with van der Waals surface area (Å²) in [6.45, 7) is 0.318. The van der Waals surface area contributed by atoms with Gasteiger partial charge in [-0.15, -0.1) is 0 Å². The minimum Gasteiger partial charge on any atom is -0.461 e. The summed E-state index contributed by atoms with van der Waals surface area (Å²) in [5, 5.41) is 0.452. The van der Waals surface area contributed by atoms with Crippen molar-refractivity contribution < 1.29 is 9.53 Å². The zero-order valence-electron chi connectivity index (χ0n) is 10.7. The van der Waals surface area contributed by atoms with Crippen LogP contribution in [0.2, 0.25) is 10.2 Å². The third-order valence-corrected chi connectivity index (χ3v) is 3.21. The van der Waals surface area contributed by atoms with Crippen LogP contribution >= 0.6 is 23.2 Å². The molecule has 104 valence electrons. The number of carbonyl (C=O) groups is 1. The number of rotatable bonds is 5. The second-order valence-corrected chi connectivity index (χ2v) is 4.98. The van der Waals surface area contributed by atoms with E-state index in [4.69, 9.17) is 27.9 Å². The Balaban J connectivity index is 1.82. The lowest BCUT2D eigenvalue weighted by Crippen LogP contribution is -2.10. The summed E-state index contributed by atoms with van der Waals surface area (Å²) in [7, 11) is 0. The maximum absolute atomic E-state index is 11.8. The van der Waals surface area contributed by atoms with E-state index in [1.807, 2.05) is 30.3 Å². The highest BCUT2D eigenvalue weighted by Gasteiger charge is 2.14. The number of hydrogen-bond donors (Lipinski definition) is 0. The molecule has 1 aromatic carbocycles. The third-order valence-electron chi connectivity index (χ3n) is 2.69. The van der Waals surface area contributed by atoms with Crippen LogP contribution in [0, 0.1) is 0 Å². The standard InChI is InChI=1S/C15H13Cl2NO2/c16-12-8-9-13(17)18-14(12)15(19)20-10-4-7-11-5-2-1-3-6-11/h1-3,5-6,8-9H,4,7,10H2. The van der Waals surface area contributed by atoms with E-state index >= 15 is 0 Å². The average molecular weight is 310 g/mol. The van der Waals surface area contributed by atoms with Gasteiger partial charge in [0.15, 0.2) is 5.69 Å². The molecule has 5 heteroatoms. The molecule has 0 aliphatic carbocycles. The number of pyridine rings is 1. The Morgan fingerprint density at radius 2 is 1.85 bits per heavy atom. The number of hydrogen-bond acceptors (Lipinski definition) is 3. The number of aryl methyl sites for hydroxylation is 1. The first-order valence-electron chi connectivity index (χ1n) is 6.20. The molecule has 0 amide bonds. The van der Waals surface area contributed by atoms with E-state index in [2.05, 4.69) is 4.98 Å². The summed E-state index contributed by atoms with van der Waals surface area (Å²) in [5.41, 5.74) is 1.27. The van der Waals surface area contributed by atoms with Crippen molar-refractivity contribution in [1.82, 2.24) is 4.98 Å². The van der Waals surface area contributed by atoms with Gasteiger partial charge in [-0.25, -0.2) is 9.78 Å². The first kappa shape index (κ1) is 14.8. The van der Waals surface area contributed by atoms with E-state index in [1.54, 1.807) is 0 Å². The van der Waals surface area contributed by atoms with Crippen LogP contribution in [0.5, 0.6) is 0 Å². The van der Waals surface area contributed by atoms with Crippen molar-refractivity contribution in [2.45, 2.75) is 12.8 Å². The van der Waals surface area contributed by atoms with Gasteiger partial charge in [0, 0.05) is 0 Å². The molecule has 2 rings (SSSR count). The summed E-state index contributed by atoms with van der Waals surface area (Å²) >= 11 is 11.6. The van der Waals surface area contributed by atoms with Crippen LogP contribution in [0.1, 0.15) is 22.5 Å². The average Bonchev–Trinajstić information content (AvgIpc) is 2.47. The molecule has 0 spiro atoms. The molecule has 0 radical (unpaired) electrons. The summed E-state index contributed by atoms with van der Waals surface area (Å²) in [6, 6.07) is 13.1. The van der Waals surface area contributed by atoms with Crippen LogP contribution in [0.3, 0.4) is 0 Å². The Bertz CT molecular complexity index is 588. The Morgan fingerprint density at radius 3 is 2.60 bits per heavy atom. The summed E-state index contributed by atoms with van der Waals surface area (Å²) in [4.78, 5) is 15.7. The topological polar surface area (TPSA) is 39.2 Å². The van der Waals surface area contributed by atoms with Crippen molar-refractivity contribution in [1.29, 1.82) is 0 Å². The highest BCUT2D eigenvalue weighted by molar-refractivity contribution is 6.34. The van der Waals surface area contributed by atoms with Crippen LogP contribution in [-0.2, 0) is 11.2 Å². The minimum absolute atomic E-state index is 0.0545. The molecule has 0 saturated heterocycles. The number of esters is 1. The second kappa shape index (κ2) is 7.27. The molecule has 0 N–H and O–H groups in total. The Morgan fingerprint density at radius 1 is 1.10 bits per heavy atom. The van der Waals surface area contributed by atoms with E-state index in [1.165, 1.54) is 17.7 Å². The van der Waals surface area contributed by atoms with E-state index < -0.39 is 5.97 Å². The first-order chi connectivity index (χ1) is 9.66. The van der Waals surface area contributed by atoms with Gasteiger partial charge in [-0.3, -0.25) is 0 Å². The predicted molar refractivity (Wildman–Crippen MR) is 79.3 cm³/mol. The van der Waals surface area contributed by atoms with Crippen molar-refractivity contribution in [3.05, 3.63) is 63.9 Å². The number of nitrogens with zero attached hydrogens (tertiary/aromatic N) is 1. The van der Waals surface area contributed by atoms with Gasteiger partial charge in [0.2, 0.25) is 0 Å². The fraction of sp³-hybridized carbons (Fsp3) is 0.200. The van der Waals surface area contributed by atoms with Gasteiger partial charge in [0.05, 0.1) is 11.6 Å². The van der Waals surface area contributed by atoms with E-state index in [0.29, 0.717) is 6.61 Å². The van der Waals surface area contributed by atoms with Crippen LogP contribution < -0.4 is 0 Å². The predicted octanol–water partition coefficient (Wildman–Crippen LogP) is 4.18. The van der Waals surface area contributed by atoms with Crippen molar-refractivity contribution >= 4 is 29.2 Å². The number of carbonyl (C=O) groups excluding carboxylic acids is 1. The summed E-state index contributed by atoms with van der Waals surface area (Å²) in [5.74, 6) is -0.550. The smallest absolute Gasteiger partial charge is 0.358 e. The summed E-state index contributed by atoms with van der Waals surface area (Å²) in [6.07, 6.45) is 1.60. The lowest BCUT2D eigenvalue weighted by atomic mass is 10.1. The van der Waals surface area contributed by atoms with Gasteiger partial charge in [-0.05, 0) is 30.5 Å². The molecule has 1 aromatic heterocycles. The molecule has 20 heavy (non-hydrogen) atoms. The normalized spacial score (nSPS) is 10.3. The van der Waals surface area contributed by atoms with Gasteiger partial charge in [0.1, 0.15) is 5.15 Å². The fourth-order valence-corrected chi connectivity index (χ4v) is 2.05. The fourth-order valence-electron chi connectivity index (χ4n) is 1.72. The highest BCUT2D eigenvalue weighted by Crippen LogP contribution is 2.17. The molecule has 0 aliphatic heterocycles. The van der Waals surface area contributed by atoms with Gasteiger partial charge in [-0.2, -0.15) is 0 Å². The lowest BCUT2D eigenvalue weighted by molar-refractivity contribution is 0.0494. The van der Waals surface area contributed by atoms with Gasteiger partial charge < -0.3 is 4.74 Å². The van der Waals surface area contributed by atoms with E-state index in [9.17, 15) is 4.79 Å². The van der Waals surface area contributed by atoms with Crippen LogP contribution in [0.4, 0.5) is 0 Å². The van der Waals surface area contributed by atoms with Crippen molar-refractivity contribution in [2.75, 3.05) is 6.61 Å². The third kappa shape index (κ3) is 4.22. The second-order valence-electron chi connectivity index (χ2n) is 4.19. The quantitative estimate of drug-likeness (QED) is 0.472. The largest absolute Gasteiger partial charge is 0.461 e. The molecule has 0 bridgehead atoms. The van der Waals surface area contributed by atoms with Gasteiger partial charge in [-0.1, -0.05) is 53.5 Å². The van der Waals surface area contributed by atoms with Crippen molar-refractivity contribution in [3.63, 3.8) is 0 Å². The Hall–Kier alpha value is -1.58. The number of benzene rings is 1. The van der Waals surface area contributed by atoms with Crippen LogP contribution in [0.25, 0.3) is 0 Å². The van der Waals surface area contributed by atoms with Crippen LogP contribution in [0.15, 0.2) is 42.5 Å². The van der Waals surface area contributed by atoms with Gasteiger partial charge >= 0.3 is 5.97 Å². The first-order valence-corrected chi connectivity index (χ1v) is 6.95. The Labute approximate surface area is 127 Å². The molecule has 0 atom stereocenters. The summed E-state index contributed by atoms with van der Waals surface area (Å²) < 4.78 is 5.14. The molecule has 0 unspecified atom stereocenters. The van der Waals surface area contributed by atoms with Crippen molar-refractivity contribution in [2.24, 2.45) is 0 Å². The number of aromatic nitrogens is 1. The van der Waals surface area contributed by atoms with Crippen molar-refractivity contribution in [3.8, 4) is 0 Å². The number of halogens is 2. The maximum atomic E-state index is 11.8. The SMILES string of the molecule is O=C(OCCCc1ccccc1)c1nc(Cl)ccc1Cl. The molecule has 0 saturated carbocycles. The molecule has 0 fully saturated rings. The maximum Gasteiger partial charge on any atom is 0.358 e. The zero-order valence-corrected chi connectivity index (χ0v) is 12.2. The molecular weight excluding hydrogens is 297 g/mol.